The maximum Gasteiger partial charge on any atom is 0.310 e. The molecule has 41 heavy (non-hydrogen) atoms. The van der Waals surface area contributed by atoms with Gasteiger partial charge in [0.25, 0.3) is 0 Å². The van der Waals surface area contributed by atoms with Crippen LogP contribution < -0.4 is 0 Å². The standard InChI is InChI=1S/C32H42O9/c1-17(33)38-25-14-24-31(7,22-10-9-21(30(22,25)6)20-11-12-37-16-20)26(39-18(2)34)13-23-29(4,5)41-28(36)15-27(32(23,24)8)40-19(3)35/h10-12,16,21,23-27H,9,13-15H2,1-8H3/t21-,23?,24?,25-,26+,27-,30-,31-,32-/m0/s1. The Balaban J connectivity index is 1.75. The molecule has 1 aliphatic heterocycles. The molecule has 4 aliphatic rings. The number of carbonyl (C=O) groups is 4. The van der Waals surface area contributed by atoms with Gasteiger partial charge in [0.1, 0.15) is 23.9 Å². The van der Waals surface area contributed by atoms with Crippen molar-refractivity contribution < 1.29 is 42.5 Å². The summed E-state index contributed by atoms with van der Waals surface area (Å²) in [5, 5.41) is 0. The average molecular weight is 571 g/mol. The lowest BCUT2D eigenvalue weighted by Crippen LogP contribution is -2.69. The molecule has 0 bridgehead atoms. The number of ether oxygens (including phenoxy) is 4. The summed E-state index contributed by atoms with van der Waals surface area (Å²) in [6.45, 7) is 14.2. The summed E-state index contributed by atoms with van der Waals surface area (Å²) in [5.74, 6) is -2.37. The first kappa shape index (κ1) is 29.4. The maximum absolute atomic E-state index is 13.1. The fourth-order valence-corrected chi connectivity index (χ4v) is 9.56. The number of hydrogen-bond acceptors (Lipinski definition) is 9. The van der Waals surface area contributed by atoms with E-state index in [1.54, 1.807) is 12.5 Å². The minimum absolute atomic E-state index is 0.0263. The van der Waals surface area contributed by atoms with E-state index in [0.717, 1.165) is 11.1 Å². The normalized spacial score (nSPS) is 41.0. The smallest absolute Gasteiger partial charge is 0.310 e. The van der Waals surface area contributed by atoms with Gasteiger partial charge in [0.2, 0.25) is 0 Å². The van der Waals surface area contributed by atoms with Crippen molar-refractivity contribution in [3.05, 3.63) is 35.8 Å². The van der Waals surface area contributed by atoms with E-state index in [9.17, 15) is 19.2 Å². The van der Waals surface area contributed by atoms with Crippen molar-refractivity contribution >= 4 is 23.9 Å². The van der Waals surface area contributed by atoms with Gasteiger partial charge in [0.05, 0.1) is 18.9 Å². The molecule has 3 aliphatic carbocycles. The van der Waals surface area contributed by atoms with Crippen molar-refractivity contribution in [3.8, 4) is 0 Å². The van der Waals surface area contributed by atoms with E-state index < -0.39 is 58.1 Å². The maximum atomic E-state index is 13.1. The van der Waals surface area contributed by atoms with E-state index in [1.807, 2.05) is 19.9 Å². The monoisotopic (exact) mass is 570 g/mol. The first-order valence-corrected chi connectivity index (χ1v) is 14.5. The van der Waals surface area contributed by atoms with Crippen molar-refractivity contribution in [2.75, 3.05) is 0 Å². The Morgan fingerprint density at radius 3 is 1.95 bits per heavy atom. The molecule has 1 saturated heterocycles. The fraction of sp³-hybridized carbons (Fsp3) is 0.688. The minimum atomic E-state index is -0.943. The first-order valence-electron chi connectivity index (χ1n) is 14.5. The van der Waals surface area contributed by atoms with E-state index in [0.29, 0.717) is 19.3 Å². The molecule has 0 aromatic carbocycles. The van der Waals surface area contributed by atoms with Crippen LogP contribution >= 0.6 is 0 Å². The highest BCUT2D eigenvalue weighted by atomic mass is 16.6. The molecule has 224 valence electrons. The van der Waals surface area contributed by atoms with Crippen LogP contribution in [0.5, 0.6) is 0 Å². The van der Waals surface area contributed by atoms with Crippen LogP contribution in [0.25, 0.3) is 0 Å². The molecule has 0 radical (unpaired) electrons. The number of cyclic esters (lactones) is 1. The van der Waals surface area contributed by atoms with Crippen LogP contribution in [0.15, 0.2) is 34.7 Å². The van der Waals surface area contributed by atoms with Gasteiger partial charge in [0.15, 0.2) is 0 Å². The second-order valence-electron chi connectivity index (χ2n) is 13.5. The van der Waals surface area contributed by atoms with Gasteiger partial charge < -0.3 is 23.4 Å². The summed E-state index contributed by atoms with van der Waals surface area (Å²) in [5.41, 5.74) is -1.01. The Morgan fingerprint density at radius 2 is 1.39 bits per heavy atom. The molecule has 2 saturated carbocycles. The van der Waals surface area contributed by atoms with Gasteiger partial charge in [0, 0.05) is 48.9 Å². The van der Waals surface area contributed by atoms with Crippen LogP contribution in [0.1, 0.15) is 92.6 Å². The van der Waals surface area contributed by atoms with Crippen molar-refractivity contribution in [3.63, 3.8) is 0 Å². The Hall–Kier alpha value is -3.10. The van der Waals surface area contributed by atoms with Crippen LogP contribution in [0, 0.1) is 28.1 Å². The number of carbonyl (C=O) groups excluding carboxylic acids is 4. The summed E-state index contributed by atoms with van der Waals surface area (Å²) < 4.78 is 29.8. The van der Waals surface area contributed by atoms with Crippen molar-refractivity contribution in [1.82, 2.24) is 0 Å². The van der Waals surface area contributed by atoms with Crippen molar-refractivity contribution in [1.29, 1.82) is 0 Å². The van der Waals surface area contributed by atoms with Gasteiger partial charge >= 0.3 is 23.9 Å². The molecule has 1 aromatic heterocycles. The van der Waals surface area contributed by atoms with Crippen LogP contribution in [-0.4, -0.2) is 47.8 Å². The molecule has 3 fully saturated rings. The van der Waals surface area contributed by atoms with Crippen LogP contribution in [0.4, 0.5) is 0 Å². The van der Waals surface area contributed by atoms with Gasteiger partial charge in [-0.2, -0.15) is 0 Å². The zero-order chi connectivity index (χ0) is 30.1. The second kappa shape index (κ2) is 9.73. The molecule has 9 nitrogen and oxygen atoms in total. The van der Waals surface area contributed by atoms with Gasteiger partial charge in [-0.15, -0.1) is 0 Å². The summed E-state index contributed by atoms with van der Waals surface area (Å²) >= 11 is 0. The summed E-state index contributed by atoms with van der Waals surface area (Å²) in [6.07, 6.45) is 5.17. The topological polar surface area (TPSA) is 118 Å². The number of hydrogen-bond donors (Lipinski definition) is 0. The average Bonchev–Trinajstić information content (AvgIpc) is 3.47. The highest BCUT2D eigenvalue weighted by molar-refractivity contribution is 5.73. The molecule has 0 amide bonds. The van der Waals surface area contributed by atoms with Gasteiger partial charge in [-0.1, -0.05) is 32.4 Å². The summed E-state index contributed by atoms with van der Waals surface area (Å²) in [6, 6.07) is 1.95. The molecule has 0 N–H and O–H groups in total. The molecule has 0 spiro atoms. The highest BCUT2D eigenvalue weighted by Gasteiger charge is 2.73. The SMILES string of the molecule is CC(=O)O[C@H]1CC(=O)OC(C)(C)C2C[C@@H](OC(C)=O)[C@@]3(C)C4=CC[C@@H](c5ccoc5)[C@]4(C)[C@@H](OC(C)=O)CC3[C@]21C. The van der Waals surface area contributed by atoms with Gasteiger partial charge in [-0.25, -0.2) is 0 Å². The number of allylic oxidation sites excluding steroid dienone is 1. The quantitative estimate of drug-likeness (QED) is 0.271. The van der Waals surface area contributed by atoms with E-state index in [1.165, 1.54) is 20.8 Å². The summed E-state index contributed by atoms with van der Waals surface area (Å²) in [4.78, 5) is 50.8. The van der Waals surface area contributed by atoms with E-state index >= 15 is 0 Å². The Labute approximate surface area is 241 Å². The van der Waals surface area contributed by atoms with E-state index in [-0.39, 0.29) is 30.1 Å². The van der Waals surface area contributed by atoms with Crippen LogP contribution in [0.2, 0.25) is 0 Å². The lowest BCUT2D eigenvalue weighted by atomic mass is 9.39. The molecule has 2 unspecified atom stereocenters. The number of fused-ring (bicyclic) bond motifs is 5. The molecule has 2 heterocycles. The zero-order valence-corrected chi connectivity index (χ0v) is 25.3. The Kier molecular flexibility index (Phi) is 6.98. The minimum Gasteiger partial charge on any atom is -0.472 e. The zero-order valence-electron chi connectivity index (χ0n) is 25.3. The fourth-order valence-electron chi connectivity index (χ4n) is 9.56. The lowest BCUT2D eigenvalue weighted by molar-refractivity contribution is -0.238. The van der Waals surface area contributed by atoms with Crippen molar-refractivity contribution in [2.24, 2.45) is 28.1 Å². The Morgan fingerprint density at radius 1 is 0.829 bits per heavy atom. The summed E-state index contributed by atoms with van der Waals surface area (Å²) in [7, 11) is 0. The largest absolute Gasteiger partial charge is 0.472 e. The highest BCUT2D eigenvalue weighted by Crippen LogP contribution is 2.73. The molecular formula is C32H42O9. The van der Waals surface area contributed by atoms with Gasteiger partial charge in [-0.05, 0) is 50.7 Å². The second-order valence-corrected chi connectivity index (χ2v) is 13.5. The third kappa shape index (κ3) is 4.33. The molecule has 9 heteroatoms. The van der Waals surface area contributed by atoms with Crippen LogP contribution in [0.3, 0.4) is 0 Å². The first-order chi connectivity index (χ1) is 19.1. The third-order valence-electron chi connectivity index (χ3n) is 11.0. The number of rotatable bonds is 4. The third-order valence-corrected chi connectivity index (χ3v) is 11.0. The molecule has 5 rings (SSSR count). The van der Waals surface area contributed by atoms with Crippen LogP contribution in [-0.2, 0) is 38.1 Å². The lowest BCUT2D eigenvalue weighted by Gasteiger charge is -2.67. The van der Waals surface area contributed by atoms with E-state index in [4.69, 9.17) is 23.4 Å². The van der Waals surface area contributed by atoms with Crippen molar-refractivity contribution in [2.45, 2.75) is 111 Å². The molecule has 9 atom stereocenters. The van der Waals surface area contributed by atoms with E-state index in [2.05, 4.69) is 26.8 Å². The molecular weight excluding hydrogens is 528 g/mol. The Bertz CT molecular complexity index is 1280. The predicted molar refractivity (Wildman–Crippen MR) is 146 cm³/mol. The molecule has 1 aromatic rings. The predicted octanol–water partition coefficient (Wildman–Crippen LogP) is 5.27. The number of furan rings is 1. The van der Waals surface area contributed by atoms with Gasteiger partial charge in [-0.3, -0.25) is 19.2 Å². The number of esters is 4.